The summed E-state index contributed by atoms with van der Waals surface area (Å²) < 4.78 is 0. The van der Waals surface area contributed by atoms with Crippen LogP contribution in [-0.4, -0.2) is 72.6 Å². The molecular formula is C14H19N4O6P. The zero-order chi connectivity index (χ0) is 18.8. The average Bonchev–Trinajstić information content (AvgIpc) is 2.89. The van der Waals surface area contributed by atoms with Gasteiger partial charge in [-0.15, -0.1) is 9.24 Å². The summed E-state index contributed by atoms with van der Waals surface area (Å²) >= 11 is 0. The number of nitrogens with zero attached hydrogens (tertiary/aromatic N) is 1. The van der Waals surface area contributed by atoms with E-state index in [-0.39, 0.29) is 25.7 Å². The van der Waals surface area contributed by atoms with Crippen LogP contribution in [0, 0.1) is 0 Å². The van der Waals surface area contributed by atoms with Gasteiger partial charge in [0.2, 0.25) is 17.7 Å². The molecule has 25 heavy (non-hydrogen) atoms. The summed E-state index contributed by atoms with van der Waals surface area (Å²) in [4.78, 5) is 68.7. The van der Waals surface area contributed by atoms with Crippen molar-refractivity contribution in [1.29, 1.82) is 0 Å². The van der Waals surface area contributed by atoms with Crippen LogP contribution < -0.4 is 16.0 Å². The molecule has 10 nitrogen and oxygen atoms in total. The van der Waals surface area contributed by atoms with Crippen LogP contribution >= 0.6 is 9.24 Å². The molecule has 3 N–H and O–H groups in total. The van der Waals surface area contributed by atoms with E-state index in [9.17, 15) is 28.8 Å². The Hall–Kier alpha value is -2.61. The van der Waals surface area contributed by atoms with Crippen molar-refractivity contribution >= 4 is 45.1 Å². The molecule has 11 heteroatoms. The third-order valence-electron chi connectivity index (χ3n) is 3.12. The zero-order valence-electron chi connectivity index (χ0n) is 13.3. The molecule has 0 aromatic carbocycles. The van der Waals surface area contributed by atoms with Crippen molar-refractivity contribution in [2.45, 2.75) is 12.5 Å². The van der Waals surface area contributed by atoms with Crippen LogP contribution in [0.15, 0.2) is 12.2 Å². The molecular weight excluding hydrogens is 351 g/mol. The fourth-order valence-electron chi connectivity index (χ4n) is 1.87. The monoisotopic (exact) mass is 370 g/mol. The van der Waals surface area contributed by atoms with Gasteiger partial charge in [-0.3, -0.25) is 28.9 Å². The topological polar surface area (TPSA) is 142 Å². The molecule has 0 spiro atoms. The number of imide groups is 1. The van der Waals surface area contributed by atoms with Gasteiger partial charge in [-0.05, 0) is 6.16 Å². The lowest BCUT2D eigenvalue weighted by Crippen LogP contribution is -2.49. The number of carbonyl (C=O) groups is 6. The van der Waals surface area contributed by atoms with E-state index in [4.69, 9.17) is 0 Å². The van der Waals surface area contributed by atoms with Crippen LogP contribution in [0.3, 0.4) is 0 Å². The van der Waals surface area contributed by atoms with Crippen LogP contribution in [0.5, 0.6) is 0 Å². The van der Waals surface area contributed by atoms with E-state index in [1.165, 1.54) is 0 Å². The zero-order valence-corrected chi connectivity index (χ0v) is 14.5. The van der Waals surface area contributed by atoms with Crippen molar-refractivity contribution in [1.82, 2.24) is 20.9 Å². The van der Waals surface area contributed by atoms with Crippen molar-refractivity contribution in [3.8, 4) is 0 Å². The van der Waals surface area contributed by atoms with Gasteiger partial charge in [-0.2, -0.15) is 0 Å². The highest BCUT2D eigenvalue weighted by molar-refractivity contribution is 7.16. The Kier molecular flexibility index (Phi) is 8.42. The van der Waals surface area contributed by atoms with Gasteiger partial charge < -0.3 is 20.7 Å². The molecule has 2 unspecified atom stereocenters. The molecule has 0 bridgehead atoms. The molecule has 5 amide bonds. The third kappa shape index (κ3) is 6.80. The van der Waals surface area contributed by atoms with Gasteiger partial charge in [0.15, 0.2) is 0 Å². The maximum absolute atomic E-state index is 11.8. The maximum Gasteiger partial charge on any atom is 0.254 e. The first-order valence-electron chi connectivity index (χ1n) is 7.40. The standard InChI is InChI=1S/C14H19N4O6P/c19-6-5-16-14(24)9(8-25)17-10(20)3-4-15-11(21)7-18-12(22)1-2-13(18)23/h1-2,6,9H,3-5,7-8,25H2,(H,15,21)(H,16,24)(H,17,20). The highest BCUT2D eigenvalue weighted by atomic mass is 31.0. The summed E-state index contributed by atoms with van der Waals surface area (Å²) in [5.41, 5.74) is 0. The Morgan fingerprint density at radius 3 is 2.32 bits per heavy atom. The van der Waals surface area contributed by atoms with Gasteiger partial charge in [0.1, 0.15) is 18.9 Å². The van der Waals surface area contributed by atoms with E-state index in [1.54, 1.807) is 0 Å². The van der Waals surface area contributed by atoms with E-state index in [2.05, 4.69) is 25.2 Å². The largest absolute Gasteiger partial charge is 0.354 e. The fraction of sp³-hybridized carbons (Fsp3) is 0.429. The van der Waals surface area contributed by atoms with E-state index < -0.39 is 42.1 Å². The Balaban J connectivity index is 2.30. The van der Waals surface area contributed by atoms with Gasteiger partial charge in [0, 0.05) is 25.1 Å². The van der Waals surface area contributed by atoms with Gasteiger partial charge in [0.25, 0.3) is 11.8 Å². The molecule has 2 atom stereocenters. The smallest absolute Gasteiger partial charge is 0.254 e. The Morgan fingerprint density at radius 2 is 1.76 bits per heavy atom. The maximum atomic E-state index is 11.8. The molecule has 1 heterocycles. The van der Waals surface area contributed by atoms with Crippen molar-refractivity contribution in [2.24, 2.45) is 0 Å². The average molecular weight is 370 g/mol. The Morgan fingerprint density at radius 1 is 1.12 bits per heavy atom. The van der Waals surface area contributed by atoms with Crippen molar-refractivity contribution in [3.63, 3.8) is 0 Å². The van der Waals surface area contributed by atoms with E-state index in [0.29, 0.717) is 6.29 Å². The molecule has 0 aliphatic carbocycles. The highest BCUT2D eigenvalue weighted by Crippen LogP contribution is 2.02. The second kappa shape index (κ2) is 10.3. The van der Waals surface area contributed by atoms with Crippen molar-refractivity contribution < 1.29 is 28.8 Å². The van der Waals surface area contributed by atoms with Crippen LogP contribution in [0.4, 0.5) is 0 Å². The predicted octanol–water partition coefficient (Wildman–Crippen LogP) is -2.91. The molecule has 0 saturated heterocycles. The summed E-state index contributed by atoms with van der Waals surface area (Å²) in [6.07, 6.45) is 2.84. The van der Waals surface area contributed by atoms with Crippen LogP contribution in [0.1, 0.15) is 6.42 Å². The lowest BCUT2D eigenvalue weighted by Gasteiger charge is -2.16. The molecule has 0 fully saturated rings. The first kappa shape index (κ1) is 20.4. The van der Waals surface area contributed by atoms with Crippen molar-refractivity contribution in [3.05, 3.63) is 12.2 Å². The first-order chi connectivity index (χ1) is 11.9. The Bertz CT molecular complexity index is 588. The number of hydrogen-bond donors (Lipinski definition) is 3. The quantitative estimate of drug-likeness (QED) is 0.214. The van der Waals surface area contributed by atoms with Crippen LogP contribution in [0.25, 0.3) is 0 Å². The molecule has 1 aliphatic heterocycles. The normalized spacial score (nSPS) is 14.2. The second-order valence-corrected chi connectivity index (χ2v) is 5.43. The number of amides is 5. The summed E-state index contributed by atoms with van der Waals surface area (Å²) in [7, 11) is 2.31. The Labute approximate surface area is 145 Å². The number of carbonyl (C=O) groups excluding carboxylic acids is 6. The second-order valence-electron chi connectivity index (χ2n) is 4.96. The summed E-state index contributed by atoms with van der Waals surface area (Å²) in [5, 5.41) is 7.21. The molecule has 0 radical (unpaired) electrons. The lowest BCUT2D eigenvalue weighted by molar-refractivity contribution is -0.141. The molecule has 1 rings (SSSR count). The lowest BCUT2D eigenvalue weighted by atomic mass is 10.3. The predicted molar refractivity (Wildman–Crippen MR) is 89.1 cm³/mol. The minimum atomic E-state index is -0.806. The molecule has 0 aromatic heterocycles. The minimum Gasteiger partial charge on any atom is -0.354 e. The minimum absolute atomic E-state index is 0.0200. The number of hydrogen-bond acceptors (Lipinski definition) is 6. The van der Waals surface area contributed by atoms with Crippen molar-refractivity contribution in [2.75, 3.05) is 25.8 Å². The summed E-state index contributed by atoms with van der Waals surface area (Å²) in [5.74, 6) is -2.67. The van der Waals surface area contributed by atoms with Gasteiger partial charge >= 0.3 is 0 Å². The molecule has 0 saturated carbocycles. The van der Waals surface area contributed by atoms with Crippen LogP contribution in [0.2, 0.25) is 0 Å². The molecule has 136 valence electrons. The SMILES string of the molecule is O=CCNC(=O)C(CP)NC(=O)CCNC(=O)CN1C(=O)C=CC1=O. The summed E-state index contributed by atoms with van der Waals surface area (Å²) in [6.45, 7) is -0.586. The van der Waals surface area contributed by atoms with Crippen LogP contribution in [-0.2, 0) is 28.8 Å². The number of rotatable bonds is 10. The fourth-order valence-corrected chi connectivity index (χ4v) is 2.20. The van der Waals surface area contributed by atoms with E-state index in [0.717, 1.165) is 17.1 Å². The third-order valence-corrected chi connectivity index (χ3v) is 3.59. The van der Waals surface area contributed by atoms with E-state index >= 15 is 0 Å². The highest BCUT2D eigenvalue weighted by Gasteiger charge is 2.25. The summed E-state index contributed by atoms with van der Waals surface area (Å²) in [6, 6.07) is -0.806. The number of aldehydes is 1. The molecule has 0 aromatic rings. The van der Waals surface area contributed by atoms with Gasteiger partial charge in [-0.1, -0.05) is 0 Å². The van der Waals surface area contributed by atoms with Gasteiger partial charge in [0.05, 0.1) is 6.54 Å². The van der Waals surface area contributed by atoms with E-state index in [1.807, 2.05) is 0 Å². The van der Waals surface area contributed by atoms with Gasteiger partial charge in [-0.25, -0.2) is 0 Å². The number of nitrogens with one attached hydrogen (secondary N) is 3. The molecule has 1 aliphatic rings. The first-order valence-corrected chi connectivity index (χ1v) is 8.21.